The minimum absolute atomic E-state index is 0.768. The summed E-state index contributed by atoms with van der Waals surface area (Å²) in [5.74, 6) is 2.41. The number of hydrogen-bond donors (Lipinski definition) is 0. The van der Waals surface area contributed by atoms with Crippen LogP contribution in [0.2, 0.25) is 0 Å². The van der Waals surface area contributed by atoms with Crippen LogP contribution in [0.5, 0.6) is 11.5 Å². The van der Waals surface area contributed by atoms with E-state index in [9.17, 15) is 0 Å². The third-order valence-corrected chi connectivity index (χ3v) is 6.27. The Kier molecular flexibility index (Phi) is 4.93. The van der Waals surface area contributed by atoms with Crippen molar-refractivity contribution in [1.29, 1.82) is 0 Å². The van der Waals surface area contributed by atoms with E-state index in [0.717, 1.165) is 38.7 Å². The highest BCUT2D eigenvalue weighted by Crippen LogP contribution is 2.51. The molecule has 2 heterocycles. The maximum Gasteiger partial charge on any atom is 0.137 e. The molecule has 0 atom stereocenters. The standard InChI is InChI=1S/C29H19BrN2O/c30-20-8-7-9-21(18-20)33-22-15-16-26-24-11-2-1-10-23(24)25-12-3-4-13-27(25)32(28(26)19-22)29-14-5-6-17-31-29/h1-19H. The summed E-state index contributed by atoms with van der Waals surface area (Å²) in [5.41, 5.74) is 6.81. The molecule has 33 heavy (non-hydrogen) atoms. The normalized spacial score (nSPS) is 11.7. The lowest BCUT2D eigenvalue weighted by Crippen LogP contribution is -2.12. The van der Waals surface area contributed by atoms with Gasteiger partial charge in [0.25, 0.3) is 0 Å². The Morgan fingerprint density at radius 3 is 2.03 bits per heavy atom. The number of para-hydroxylation sites is 1. The molecule has 0 aliphatic carbocycles. The first kappa shape index (κ1) is 19.8. The minimum atomic E-state index is 0.768. The quantitative estimate of drug-likeness (QED) is 0.248. The van der Waals surface area contributed by atoms with Gasteiger partial charge in [-0.2, -0.15) is 0 Å². The number of anilines is 3. The van der Waals surface area contributed by atoms with Gasteiger partial charge in [-0.3, -0.25) is 4.90 Å². The van der Waals surface area contributed by atoms with E-state index in [1.807, 2.05) is 54.7 Å². The zero-order chi connectivity index (χ0) is 22.2. The molecule has 0 unspecified atom stereocenters. The summed E-state index contributed by atoms with van der Waals surface area (Å²) >= 11 is 3.53. The molecule has 0 saturated heterocycles. The van der Waals surface area contributed by atoms with Gasteiger partial charge in [-0.1, -0.05) is 70.5 Å². The molecule has 0 spiro atoms. The van der Waals surface area contributed by atoms with Crippen LogP contribution in [0.4, 0.5) is 17.2 Å². The Morgan fingerprint density at radius 1 is 0.576 bits per heavy atom. The van der Waals surface area contributed by atoms with Crippen molar-refractivity contribution in [2.75, 3.05) is 4.90 Å². The van der Waals surface area contributed by atoms with Gasteiger partial charge < -0.3 is 4.74 Å². The van der Waals surface area contributed by atoms with Gasteiger partial charge in [-0.25, -0.2) is 4.98 Å². The topological polar surface area (TPSA) is 25.4 Å². The molecular weight excluding hydrogens is 472 g/mol. The first-order chi connectivity index (χ1) is 16.3. The second kappa shape index (κ2) is 8.23. The average Bonchev–Trinajstić information content (AvgIpc) is 2.97. The Balaban J connectivity index is 1.61. The first-order valence-corrected chi connectivity index (χ1v) is 11.5. The van der Waals surface area contributed by atoms with Gasteiger partial charge in [-0.15, -0.1) is 0 Å². The summed E-state index contributed by atoms with van der Waals surface area (Å²) < 4.78 is 7.23. The SMILES string of the molecule is Brc1cccc(Oc2ccc3c(c2)N(c2ccccn2)c2ccccc2-c2ccccc2-3)c1. The van der Waals surface area contributed by atoms with E-state index in [4.69, 9.17) is 9.72 Å². The van der Waals surface area contributed by atoms with Crippen LogP contribution in [0.15, 0.2) is 120 Å². The zero-order valence-corrected chi connectivity index (χ0v) is 19.2. The lowest BCUT2D eigenvalue weighted by Gasteiger charge is -2.26. The van der Waals surface area contributed by atoms with Crippen LogP contribution in [-0.2, 0) is 0 Å². The monoisotopic (exact) mass is 490 g/mol. The fraction of sp³-hybridized carbons (Fsp3) is 0. The third kappa shape index (κ3) is 3.59. The van der Waals surface area contributed by atoms with E-state index >= 15 is 0 Å². The maximum atomic E-state index is 6.25. The van der Waals surface area contributed by atoms with E-state index in [0.29, 0.717) is 0 Å². The molecule has 6 rings (SSSR count). The Morgan fingerprint density at radius 2 is 1.27 bits per heavy atom. The smallest absolute Gasteiger partial charge is 0.137 e. The lowest BCUT2D eigenvalue weighted by atomic mass is 9.95. The van der Waals surface area contributed by atoms with E-state index in [1.54, 1.807) is 0 Å². The molecule has 0 fully saturated rings. The molecule has 4 aromatic carbocycles. The van der Waals surface area contributed by atoms with Crippen LogP contribution in [0, 0.1) is 0 Å². The summed E-state index contributed by atoms with van der Waals surface area (Å²) in [6, 6.07) is 37.2. The van der Waals surface area contributed by atoms with Crippen LogP contribution < -0.4 is 9.64 Å². The van der Waals surface area contributed by atoms with E-state index in [1.165, 1.54) is 16.7 Å². The average molecular weight is 491 g/mol. The minimum Gasteiger partial charge on any atom is -0.457 e. The number of halogens is 1. The largest absolute Gasteiger partial charge is 0.457 e. The Bertz CT molecular complexity index is 1470. The van der Waals surface area contributed by atoms with E-state index in [2.05, 4.69) is 81.5 Å². The molecule has 1 aliphatic heterocycles. The Hall–Kier alpha value is -3.89. The number of nitrogens with zero attached hydrogens (tertiary/aromatic N) is 2. The molecule has 158 valence electrons. The lowest BCUT2D eigenvalue weighted by molar-refractivity contribution is 0.482. The van der Waals surface area contributed by atoms with Crippen molar-refractivity contribution < 1.29 is 4.74 Å². The summed E-state index contributed by atoms with van der Waals surface area (Å²) in [5, 5.41) is 0. The number of hydrogen-bond acceptors (Lipinski definition) is 3. The van der Waals surface area contributed by atoms with Crippen molar-refractivity contribution in [3.05, 3.63) is 120 Å². The highest BCUT2D eigenvalue weighted by molar-refractivity contribution is 9.10. The molecule has 4 heteroatoms. The van der Waals surface area contributed by atoms with Crippen LogP contribution in [0.3, 0.4) is 0 Å². The second-order valence-corrected chi connectivity index (χ2v) is 8.74. The number of fused-ring (bicyclic) bond motifs is 5. The first-order valence-electron chi connectivity index (χ1n) is 10.8. The van der Waals surface area contributed by atoms with Crippen molar-refractivity contribution in [3.8, 4) is 33.8 Å². The van der Waals surface area contributed by atoms with Crippen LogP contribution in [0.1, 0.15) is 0 Å². The summed E-state index contributed by atoms with van der Waals surface area (Å²) in [7, 11) is 0. The number of pyridine rings is 1. The van der Waals surface area contributed by atoms with Crippen LogP contribution in [0.25, 0.3) is 22.3 Å². The molecule has 5 aromatic rings. The summed E-state index contributed by atoms with van der Waals surface area (Å²) in [6.07, 6.45) is 1.83. The van der Waals surface area contributed by atoms with Gasteiger partial charge in [-0.05, 0) is 59.7 Å². The predicted molar refractivity (Wildman–Crippen MR) is 138 cm³/mol. The molecule has 0 saturated carbocycles. The number of aromatic nitrogens is 1. The van der Waals surface area contributed by atoms with Crippen molar-refractivity contribution >= 4 is 33.1 Å². The number of ether oxygens (including phenoxy) is 1. The molecule has 1 aromatic heterocycles. The van der Waals surface area contributed by atoms with Crippen molar-refractivity contribution in [2.45, 2.75) is 0 Å². The van der Waals surface area contributed by atoms with Gasteiger partial charge in [0, 0.05) is 27.9 Å². The van der Waals surface area contributed by atoms with E-state index in [-0.39, 0.29) is 0 Å². The molecule has 0 bridgehead atoms. The van der Waals surface area contributed by atoms with Crippen molar-refractivity contribution in [2.24, 2.45) is 0 Å². The van der Waals surface area contributed by atoms with Gasteiger partial charge in [0.15, 0.2) is 0 Å². The van der Waals surface area contributed by atoms with Crippen molar-refractivity contribution in [3.63, 3.8) is 0 Å². The highest BCUT2D eigenvalue weighted by Gasteiger charge is 2.26. The zero-order valence-electron chi connectivity index (χ0n) is 17.7. The second-order valence-electron chi connectivity index (χ2n) is 7.82. The van der Waals surface area contributed by atoms with Gasteiger partial charge in [0.2, 0.25) is 0 Å². The molecule has 1 aliphatic rings. The third-order valence-electron chi connectivity index (χ3n) is 5.77. The maximum absolute atomic E-state index is 6.25. The molecule has 0 radical (unpaired) electrons. The molecule has 3 nitrogen and oxygen atoms in total. The fourth-order valence-electron chi connectivity index (χ4n) is 4.37. The molecule has 0 N–H and O–H groups in total. The Labute approximate surface area is 201 Å². The van der Waals surface area contributed by atoms with E-state index < -0.39 is 0 Å². The van der Waals surface area contributed by atoms with Gasteiger partial charge in [0.05, 0.1) is 11.4 Å². The fourth-order valence-corrected chi connectivity index (χ4v) is 4.74. The summed E-state index contributed by atoms with van der Waals surface area (Å²) in [4.78, 5) is 6.93. The highest BCUT2D eigenvalue weighted by atomic mass is 79.9. The summed E-state index contributed by atoms with van der Waals surface area (Å²) in [6.45, 7) is 0. The number of benzene rings is 4. The predicted octanol–water partition coefficient (Wildman–Crippen LogP) is 8.75. The molecular formula is C29H19BrN2O. The van der Waals surface area contributed by atoms with Crippen LogP contribution in [-0.4, -0.2) is 4.98 Å². The number of rotatable bonds is 3. The van der Waals surface area contributed by atoms with Crippen LogP contribution >= 0.6 is 15.9 Å². The van der Waals surface area contributed by atoms with Crippen molar-refractivity contribution in [1.82, 2.24) is 4.98 Å². The van der Waals surface area contributed by atoms with Gasteiger partial charge >= 0.3 is 0 Å². The van der Waals surface area contributed by atoms with Gasteiger partial charge in [0.1, 0.15) is 17.3 Å². The molecule has 0 amide bonds.